The molecule has 2 rings (SSSR count). The molecule has 2 aromatic rings. The van der Waals surface area contributed by atoms with E-state index in [0.717, 1.165) is 22.9 Å². The smallest absolute Gasteiger partial charge is 0.130 e. The second-order valence-electron chi connectivity index (χ2n) is 4.51. The van der Waals surface area contributed by atoms with Gasteiger partial charge in [0.25, 0.3) is 0 Å². The first-order valence-corrected chi connectivity index (χ1v) is 7.31. The van der Waals surface area contributed by atoms with Gasteiger partial charge in [-0.2, -0.15) is 0 Å². The van der Waals surface area contributed by atoms with Crippen LogP contribution >= 0.6 is 22.9 Å². The Morgan fingerprint density at radius 1 is 1.42 bits per heavy atom. The van der Waals surface area contributed by atoms with E-state index in [1.165, 1.54) is 4.88 Å². The number of methoxy groups -OCH3 is 1. The summed E-state index contributed by atoms with van der Waals surface area (Å²) in [6.07, 6.45) is 1.91. The summed E-state index contributed by atoms with van der Waals surface area (Å²) >= 11 is 7.63. The number of hydrogen-bond donors (Lipinski definition) is 1. The van der Waals surface area contributed by atoms with Gasteiger partial charge in [-0.05, 0) is 18.2 Å². The largest absolute Gasteiger partial charge is 0.496 e. The van der Waals surface area contributed by atoms with Crippen molar-refractivity contribution in [2.24, 2.45) is 0 Å². The molecule has 0 amide bonds. The summed E-state index contributed by atoms with van der Waals surface area (Å²) in [6.45, 7) is 5.10. The highest BCUT2D eigenvalue weighted by Crippen LogP contribution is 2.34. The van der Waals surface area contributed by atoms with Crippen LogP contribution in [-0.2, 0) is 6.54 Å². The number of ether oxygens (including phenoxy) is 1. The SMILES string of the molecule is COc1cc(Cl)ccc1-c1ncc(CNC(C)C)s1. The molecule has 0 aliphatic rings. The summed E-state index contributed by atoms with van der Waals surface area (Å²) in [6, 6.07) is 6.08. The third-order valence-corrected chi connectivity index (χ3v) is 3.90. The van der Waals surface area contributed by atoms with Crippen LogP contribution in [-0.4, -0.2) is 18.1 Å². The monoisotopic (exact) mass is 296 g/mol. The van der Waals surface area contributed by atoms with Crippen LogP contribution in [0.5, 0.6) is 5.75 Å². The van der Waals surface area contributed by atoms with Gasteiger partial charge in [-0.1, -0.05) is 25.4 Å². The molecule has 0 atom stereocenters. The first-order valence-electron chi connectivity index (χ1n) is 6.12. The van der Waals surface area contributed by atoms with E-state index in [1.54, 1.807) is 18.4 Å². The van der Waals surface area contributed by atoms with Gasteiger partial charge in [0, 0.05) is 28.7 Å². The van der Waals surface area contributed by atoms with Crippen LogP contribution in [0.1, 0.15) is 18.7 Å². The lowest BCUT2D eigenvalue weighted by atomic mass is 10.2. The van der Waals surface area contributed by atoms with Crippen LogP contribution in [0.15, 0.2) is 24.4 Å². The lowest BCUT2D eigenvalue weighted by Gasteiger charge is -2.06. The molecular weight excluding hydrogens is 280 g/mol. The number of aromatic nitrogens is 1. The van der Waals surface area contributed by atoms with Gasteiger partial charge in [0.2, 0.25) is 0 Å². The highest BCUT2D eigenvalue weighted by atomic mass is 35.5. The van der Waals surface area contributed by atoms with E-state index in [0.29, 0.717) is 11.1 Å². The maximum atomic E-state index is 5.97. The Bertz CT molecular complexity index is 554. The number of nitrogens with zero attached hydrogens (tertiary/aromatic N) is 1. The molecule has 0 aliphatic carbocycles. The number of halogens is 1. The number of hydrogen-bond acceptors (Lipinski definition) is 4. The van der Waals surface area contributed by atoms with E-state index in [1.807, 2.05) is 24.4 Å². The average molecular weight is 297 g/mol. The van der Waals surface area contributed by atoms with E-state index in [4.69, 9.17) is 16.3 Å². The number of rotatable bonds is 5. The van der Waals surface area contributed by atoms with E-state index < -0.39 is 0 Å². The molecule has 3 nitrogen and oxygen atoms in total. The van der Waals surface area contributed by atoms with Gasteiger partial charge in [-0.25, -0.2) is 4.98 Å². The first kappa shape index (κ1) is 14.3. The predicted molar refractivity (Wildman–Crippen MR) is 81.1 cm³/mol. The van der Waals surface area contributed by atoms with Crippen molar-refractivity contribution in [3.8, 4) is 16.3 Å². The van der Waals surface area contributed by atoms with Crippen molar-refractivity contribution in [1.29, 1.82) is 0 Å². The molecule has 0 bridgehead atoms. The van der Waals surface area contributed by atoms with E-state index in [2.05, 4.69) is 24.1 Å². The average Bonchev–Trinajstić information content (AvgIpc) is 2.84. The van der Waals surface area contributed by atoms with Crippen LogP contribution in [0, 0.1) is 0 Å². The summed E-state index contributed by atoms with van der Waals surface area (Å²) in [4.78, 5) is 5.67. The number of benzene rings is 1. The van der Waals surface area contributed by atoms with Gasteiger partial charge in [0.15, 0.2) is 0 Å². The van der Waals surface area contributed by atoms with Crippen molar-refractivity contribution in [1.82, 2.24) is 10.3 Å². The molecular formula is C14H17ClN2OS. The van der Waals surface area contributed by atoms with Crippen molar-refractivity contribution in [3.63, 3.8) is 0 Å². The van der Waals surface area contributed by atoms with E-state index in [-0.39, 0.29) is 0 Å². The molecule has 5 heteroatoms. The van der Waals surface area contributed by atoms with Gasteiger partial charge in [0.1, 0.15) is 10.8 Å². The summed E-state index contributed by atoms with van der Waals surface area (Å²) < 4.78 is 5.35. The topological polar surface area (TPSA) is 34.1 Å². The molecule has 0 radical (unpaired) electrons. The molecule has 0 saturated heterocycles. The summed E-state index contributed by atoms with van der Waals surface area (Å²) in [5.74, 6) is 0.755. The van der Waals surface area contributed by atoms with Crippen molar-refractivity contribution in [2.75, 3.05) is 7.11 Å². The number of thiazole rings is 1. The Hall–Kier alpha value is -1.10. The second kappa shape index (κ2) is 6.37. The third kappa shape index (κ3) is 3.69. The third-order valence-electron chi connectivity index (χ3n) is 2.63. The lowest BCUT2D eigenvalue weighted by molar-refractivity contribution is 0.416. The minimum atomic E-state index is 0.468. The molecule has 0 unspecified atom stereocenters. The molecule has 1 heterocycles. The van der Waals surface area contributed by atoms with Gasteiger partial charge in [-0.3, -0.25) is 0 Å². The highest BCUT2D eigenvalue weighted by Gasteiger charge is 2.11. The Labute approximate surface area is 122 Å². The normalized spacial score (nSPS) is 11.0. The fraction of sp³-hybridized carbons (Fsp3) is 0.357. The van der Waals surface area contributed by atoms with Crippen molar-refractivity contribution >= 4 is 22.9 Å². The fourth-order valence-corrected chi connectivity index (χ4v) is 2.72. The first-order chi connectivity index (χ1) is 9.10. The maximum Gasteiger partial charge on any atom is 0.130 e. The zero-order valence-corrected chi connectivity index (χ0v) is 12.8. The van der Waals surface area contributed by atoms with Crippen LogP contribution in [0.2, 0.25) is 5.02 Å². The molecule has 0 aliphatic heterocycles. The van der Waals surface area contributed by atoms with Crippen molar-refractivity contribution in [2.45, 2.75) is 26.4 Å². The Balaban J connectivity index is 2.22. The van der Waals surface area contributed by atoms with Gasteiger partial charge < -0.3 is 10.1 Å². The number of nitrogens with one attached hydrogen (secondary N) is 1. The standard InChI is InChI=1S/C14H17ClN2OS/c1-9(2)16-7-11-8-17-14(19-11)12-5-4-10(15)6-13(12)18-3/h4-6,8-9,16H,7H2,1-3H3. The summed E-state index contributed by atoms with van der Waals surface area (Å²) in [7, 11) is 1.64. The highest BCUT2D eigenvalue weighted by molar-refractivity contribution is 7.15. The summed E-state index contributed by atoms with van der Waals surface area (Å²) in [5.41, 5.74) is 0.979. The molecule has 0 fully saturated rings. The van der Waals surface area contributed by atoms with Crippen LogP contribution in [0.25, 0.3) is 10.6 Å². The maximum absolute atomic E-state index is 5.97. The molecule has 102 valence electrons. The van der Waals surface area contributed by atoms with Gasteiger partial charge in [0.05, 0.1) is 12.7 Å². The molecule has 0 spiro atoms. The fourth-order valence-electron chi connectivity index (χ4n) is 1.66. The lowest BCUT2D eigenvalue weighted by Crippen LogP contribution is -2.21. The summed E-state index contributed by atoms with van der Waals surface area (Å²) in [5, 5.41) is 5.00. The Kier molecular flexibility index (Phi) is 4.80. The van der Waals surface area contributed by atoms with Crippen molar-refractivity contribution in [3.05, 3.63) is 34.3 Å². The minimum Gasteiger partial charge on any atom is -0.496 e. The van der Waals surface area contributed by atoms with Gasteiger partial charge >= 0.3 is 0 Å². The zero-order valence-electron chi connectivity index (χ0n) is 11.2. The Morgan fingerprint density at radius 2 is 2.21 bits per heavy atom. The van der Waals surface area contributed by atoms with Crippen LogP contribution in [0.4, 0.5) is 0 Å². The van der Waals surface area contributed by atoms with E-state index >= 15 is 0 Å². The van der Waals surface area contributed by atoms with E-state index in [9.17, 15) is 0 Å². The minimum absolute atomic E-state index is 0.468. The molecule has 1 N–H and O–H groups in total. The second-order valence-corrected chi connectivity index (χ2v) is 6.06. The molecule has 19 heavy (non-hydrogen) atoms. The molecule has 1 aromatic carbocycles. The van der Waals surface area contributed by atoms with Crippen LogP contribution in [0.3, 0.4) is 0 Å². The molecule has 1 aromatic heterocycles. The van der Waals surface area contributed by atoms with Gasteiger partial charge in [-0.15, -0.1) is 11.3 Å². The van der Waals surface area contributed by atoms with Crippen LogP contribution < -0.4 is 10.1 Å². The van der Waals surface area contributed by atoms with Crippen molar-refractivity contribution < 1.29 is 4.74 Å². The molecule has 0 saturated carbocycles. The Morgan fingerprint density at radius 3 is 2.89 bits per heavy atom. The quantitative estimate of drug-likeness (QED) is 0.906. The zero-order chi connectivity index (χ0) is 13.8. The predicted octanol–water partition coefficient (Wildman–Crippen LogP) is 3.97.